The fraction of sp³-hybridized carbons (Fsp3) is 0.476. The molecule has 33 heavy (non-hydrogen) atoms. The Morgan fingerprint density at radius 1 is 1.39 bits per heavy atom. The molecule has 0 saturated heterocycles. The fourth-order valence-electron chi connectivity index (χ4n) is 3.91. The molecule has 2 aromatic rings. The standard InChI is InChI=1S/C21H24F3N5O4/c1-12-7-13(3-4-16(12)22)25-21(31)28-6-5-17-15(9-28)19-20(30)27(2)33-14(8-29(19)26-17)10-32-11-18(23)24/h3-4,7,14,18H,5-6,8-11H2,1-2H3,(H,25,31). The highest BCUT2D eigenvalue weighted by Gasteiger charge is 2.35. The highest BCUT2D eigenvalue weighted by Crippen LogP contribution is 2.27. The summed E-state index contributed by atoms with van der Waals surface area (Å²) in [6.45, 7) is 1.44. The van der Waals surface area contributed by atoms with Crippen LogP contribution < -0.4 is 5.32 Å². The molecular formula is C21H24F3N5O4. The van der Waals surface area contributed by atoms with Crippen molar-refractivity contribution in [2.45, 2.75) is 39.0 Å². The molecule has 1 atom stereocenters. The van der Waals surface area contributed by atoms with Crippen LogP contribution >= 0.6 is 0 Å². The zero-order valence-electron chi connectivity index (χ0n) is 18.2. The number of aryl methyl sites for hydroxylation is 1. The van der Waals surface area contributed by atoms with Gasteiger partial charge in [0, 0.05) is 31.3 Å². The predicted octanol–water partition coefficient (Wildman–Crippen LogP) is 2.59. The van der Waals surface area contributed by atoms with Crippen molar-refractivity contribution in [2.24, 2.45) is 0 Å². The number of nitrogens with one attached hydrogen (secondary N) is 1. The minimum absolute atomic E-state index is 0.127. The molecule has 0 spiro atoms. The molecule has 178 valence electrons. The molecule has 0 saturated carbocycles. The maximum Gasteiger partial charge on any atom is 0.322 e. The van der Waals surface area contributed by atoms with Crippen molar-refractivity contribution in [1.82, 2.24) is 19.7 Å². The summed E-state index contributed by atoms with van der Waals surface area (Å²) in [6, 6.07) is 3.93. The Hall–Kier alpha value is -3.12. The summed E-state index contributed by atoms with van der Waals surface area (Å²) >= 11 is 0. The molecule has 1 N–H and O–H groups in total. The van der Waals surface area contributed by atoms with E-state index in [4.69, 9.17) is 9.57 Å². The van der Waals surface area contributed by atoms with Gasteiger partial charge in [-0.3, -0.25) is 14.3 Å². The SMILES string of the molecule is Cc1cc(NC(=O)N2CCc3nn4c(c3C2)C(=O)N(C)OC(COCC(F)F)C4)ccc1F. The van der Waals surface area contributed by atoms with E-state index in [1.165, 1.54) is 23.9 Å². The quantitative estimate of drug-likeness (QED) is 0.730. The highest BCUT2D eigenvalue weighted by molar-refractivity contribution is 5.94. The van der Waals surface area contributed by atoms with E-state index in [0.717, 1.165) is 5.06 Å². The number of carbonyl (C=O) groups excluding carboxylic acids is 2. The van der Waals surface area contributed by atoms with Crippen LogP contribution in [0.25, 0.3) is 0 Å². The zero-order chi connectivity index (χ0) is 23.7. The summed E-state index contributed by atoms with van der Waals surface area (Å²) < 4.78 is 44.7. The van der Waals surface area contributed by atoms with Crippen LogP contribution in [0.15, 0.2) is 18.2 Å². The van der Waals surface area contributed by atoms with E-state index in [1.54, 1.807) is 17.9 Å². The van der Waals surface area contributed by atoms with E-state index in [0.29, 0.717) is 41.2 Å². The van der Waals surface area contributed by atoms with Gasteiger partial charge in [-0.15, -0.1) is 0 Å². The Kier molecular flexibility index (Phi) is 6.56. The summed E-state index contributed by atoms with van der Waals surface area (Å²) in [6.07, 6.45) is -2.84. The average Bonchev–Trinajstić information content (AvgIpc) is 3.06. The number of ether oxygens (including phenoxy) is 1. The summed E-state index contributed by atoms with van der Waals surface area (Å²) in [4.78, 5) is 32.8. The largest absolute Gasteiger partial charge is 0.373 e. The lowest BCUT2D eigenvalue weighted by Gasteiger charge is -2.27. The van der Waals surface area contributed by atoms with Crippen LogP contribution in [0.5, 0.6) is 0 Å². The maximum atomic E-state index is 13.5. The molecule has 3 amide bonds. The second kappa shape index (κ2) is 9.40. The van der Waals surface area contributed by atoms with Crippen LogP contribution in [-0.2, 0) is 29.1 Å². The number of halogens is 3. The van der Waals surface area contributed by atoms with Gasteiger partial charge in [0.2, 0.25) is 0 Å². The summed E-state index contributed by atoms with van der Waals surface area (Å²) in [5, 5.41) is 8.30. The predicted molar refractivity (Wildman–Crippen MR) is 110 cm³/mol. The van der Waals surface area contributed by atoms with Gasteiger partial charge in [-0.05, 0) is 30.7 Å². The van der Waals surface area contributed by atoms with Crippen molar-refractivity contribution in [3.05, 3.63) is 46.5 Å². The number of urea groups is 1. The second-order valence-electron chi connectivity index (χ2n) is 7.98. The van der Waals surface area contributed by atoms with Crippen molar-refractivity contribution >= 4 is 17.6 Å². The van der Waals surface area contributed by atoms with Crippen LogP contribution in [0.1, 0.15) is 27.3 Å². The number of hydroxylamine groups is 2. The van der Waals surface area contributed by atoms with Crippen LogP contribution in [0.2, 0.25) is 0 Å². The molecule has 2 aliphatic rings. The van der Waals surface area contributed by atoms with Gasteiger partial charge in [0.25, 0.3) is 12.3 Å². The van der Waals surface area contributed by atoms with Gasteiger partial charge in [0.05, 0.1) is 25.4 Å². The van der Waals surface area contributed by atoms with Gasteiger partial charge in [-0.2, -0.15) is 5.10 Å². The average molecular weight is 467 g/mol. The molecule has 2 aliphatic heterocycles. The Balaban J connectivity index is 1.50. The number of fused-ring (bicyclic) bond motifs is 3. The van der Waals surface area contributed by atoms with Crippen molar-refractivity contribution in [3.8, 4) is 0 Å². The Labute approximate surface area is 188 Å². The lowest BCUT2D eigenvalue weighted by Crippen LogP contribution is -2.39. The molecule has 3 heterocycles. The van der Waals surface area contributed by atoms with Gasteiger partial charge in [-0.25, -0.2) is 23.0 Å². The number of amides is 3. The molecule has 1 aromatic heterocycles. The number of carbonyl (C=O) groups is 2. The van der Waals surface area contributed by atoms with E-state index in [1.807, 2.05) is 0 Å². The van der Waals surface area contributed by atoms with Crippen molar-refractivity contribution in [1.29, 1.82) is 0 Å². The van der Waals surface area contributed by atoms with E-state index in [-0.39, 0.29) is 31.5 Å². The maximum absolute atomic E-state index is 13.5. The Morgan fingerprint density at radius 2 is 2.18 bits per heavy atom. The van der Waals surface area contributed by atoms with Crippen LogP contribution in [0, 0.1) is 12.7 Å². The van der Waals surface area contributed by atoms with Gasteiger partial charge in [0.1, 0.15) is 24.2 Å². The first-order chi connectivity index (χ1) is 15.7. The van der Waals surface area contributed by atoms with Gasteiger partial charge in [-0.1, -0.05) is 0 Å². The molecule has 1 aromatic carbocycles. The molecule has 0 bridgehead atoms. The third-order valence-electron chi connectivity index (χ3n) is 5.52. The zero-order valence-corrected chi connectivity index (χ0v) is 18.2. The number of hydrogen-bond acceptors (Lipinski definition) is 5. The van der Waals surface area contributed by atoms with Crippen molar-refractivity contribution < 1.29 is 32.3 Å². The molecule has 4 rings (SSSR count). The molecule has 12 heteroatoms. The Bertz CT molecular complexity index is 1060. The lowest BCUT2D eigenvalue weighted by atomic mass is 10.1. The van der Waals surface area contributed by atoms with Gasteiger partial charge >= 0.3 is 6.03 Å². The highest BCUT2D eigenvalue weighted by atomic mass is 19.3. The van der Waals surface area contributed by atoms with Crippen LogP contribution in [-0.4, -0.2) is 71.0 Å². The molecule has 0 radical (unpaired) electrons. The molecule has 1 unspecified atom stereocenters. The van der Waals surface area contributed by atoms with Gasteiger partial charge in [0.15, 0.2) is 0 Å². The number of nitrogens with zero attached hydrogens (tertiary/aromatic N) is 4. The van der Waals surface area contributed by atoms with E-state index >= 15 is 0 Å². The minimum atomic E-state index is -2.60. The summed E-state index contributed by atoms with van der Waals surface area (Å²) in [5.74, 6) is -0.808. The number of alkyl halides is 2. The van der Waals surface area contributed by atoms with Gasteiger partial charge < -0.3 is 15.0 Å². The first-order valence-electron chi connectivity index (χ1n) is 10.4. The second-order valence-corrected chi connectivity index (χ2v) is 7.98. The lowest BCUT2D eigenvalue weighted by molar-refractivity contribution is -0.169. The van der Waals surface area contributed by atoms with Crippen LogP contribution in [0.3, 0.4) is 0 Å². The number of anilines is 1. The fourth-order valence-corrected chi connectivity index (χ4v) is 3.91. The van der Waals surface area contributed by atoms with E-state index < -0.39 is 25.0 Å². The molecular weight excluding hydrogens is 443 g/mol. The smallest absolute Gasteiger partial charge is 0.322 e. The topological polar surface area (TPSA) is 88.9 Å². The Morgan fingerprint density at radius 3 is 2.91 bits per heavy atom. The van der Waals surface area contributed by atoms with E-state index in [2.05, 4.69) is 10.4 Å². The summed E-state index contributed by atoms with van der Waals surface area (Å²) in [5.41, 5.74) is 2.48. The van der Waals surface area contributed by atoms with Crippen molar-refractivity contribution in [2.75, 3.05) is 32.1 Å². The van der Waals surface area contributed by atoms with Crippen molar-refractivity contribution in [3.63, 3.8) is 0 Å². The third kappa shape index (κ3) is 4.96. The number of rotatable bonds is 5. The molecule has 0 fully saturated rings. The number of benzene rings is 1. The minimum Gasteiger partial charge on any atom is -0.373 e. The number of hydrogen-bond donors (Lipinski definition) is 1. The molecule has 9 nitrogen and oxygen atoms in total. The normalized spacial score (nSPS) is 18.2. The first-order valence-corrected chi connectivity index (χ1v) is 10.4. The van der Waals surface area contributed by atoms with Crippen LogP contribution in [0.4, 0.5) is 23.7 Å². The number of aromatic nitrogens is 2. The molecule has 0 aliphatic carbocycles. The first kappa shape index (κ1) is 23.1. The van der Waals surface area contributed by atoms with E-state index in [9.17, 15) is 22.8 Å². The monoisotopic (exact) mass is 467 g/mol. The third-order valence-corrected chi connectivity index (χ3v) is 5.52. The summed E-state index contributed by atoms with van der Waals surface area (Å²) in [7, 11) is 1.43.